The van der Waals surface area contributed by atoms with Crippen molar-refractivity contribution in [3.8, 4) is 0 Å². The molecule has 0 saturated carbocycles. The molecule has 27 heavy (non-hydrogen) atoms. The minimum atomic E-state index is -0.398. The molecule has 1 aromatic carbocycles. The van der Waals surface area contributed by atoms with Crippen LogP contribution in [0.15, 0.2) is 34.2 Å². The monoisotopic (exact) mass is 387 g/mol. The van der Waals surface area contributed by atoms with E-state index in [0.717, 1.165) is 30.5 Å². The first-order valence-electron chi connectivity index (χ1n) is 8.78. The van der Waals surface area contributed by atoms with Gasteiger partial charge in [-0.1, -0.05) is 11.8 Å². The molecule has 0 bridgehead atoms. The van der Waals surface area contributed by atoms with Gasteiger partial charge in [0.2, 0.25) is 5.91 Å². The number of fused-ring (bicyclic) bond motifs is 1. The standard InChI is InChI=1S/C19H21N3O4S/c1-11(2)26-18(25)12-6-8-13(9-7-12)20-16(23)10-27-19-21-15-5-3-4-14(15)17(24)22-19/h6-9,11H,3-5,10H2,1-2H3,(H,20,23)(H,21,22,24). The van der Waals surface area contributed by atoms with Crippen molar-refractivity contribution < 1.29 is 14.3 Å². The lowest BCUT2D eigenvalue weighted by atomic mass is 10.2. The molecular weight excluding hydrogens is 366 g/mol. The number of thioether (sulfide) groups is 1. The van der Waals surface area contributed by atoms with Crippen LogP contribution in [0.5, 0.6) is 0 Å². The summed E-state index contributed by atoms with van der Waals surface area (Å²) in [5.74, 6) is -0.496. The number of hydrogen-bond donors (Lipinski definition) is 2. The third-order valence-corrected chi connectivity index (χ3v) is 4.88. The summed E-state index contributed by atoms with van der Waals surface area (Å²) in [5.41, 5.74) is 2.50. The zero-order valence-electron chi connectivity index (χ0n) is 15.2. The Hall–Kier alpha value is -2.61. The fourth-order valence-corrected chi connectivity index (χ4v) is 3.47. The highest BCUT2D eigenvalue weighted by Gasteiger charge is 2.17. The van der Waals surface area contributed by atoms with Crippen LogP contribution in [0.3, 0.4) is 0 Å². The Labute approximate surface area is 160 Å². The van der Waals surface area contributed by atoms with E-state index in [2.05, 4.69) is 15.3 Å². The number of nitrogens with zero attached hydrogens (tertiary/aromatic N) is 1. The van der Waals surface area contributed by atoms with Gasteiger partial charge in [-0.05, 0) is 57.4 Å². The molecule has 0 atom stereocenters. The molecule has 7 nitrogen and oxygen atoms in total. The lowest BCUT2D eigenvalue weighted by Crippen LogP contribution is -2.17. The maximum Gasteiger partial charge on any atom is 0.338 e. The van der Waals surface area contributed by atoms with Crippen molar-refractivity contribution in [3.05, 3.63) is 51.4 Å². The maximum absolute atomic E-state index is 12.1. The number of esters is 1. The Morgan fingerprint density at radius 3 is 2.70 bits per heavy atom. The molecule has 1 aliphatic carbocycles. The van der Waals surface area contributed by atoms with Gasteiger partial charge in [0.15, 0.2) is 5.16 Å². The molecule has 0 fully saturated rings. The number of amides is 1. The number of aromatic nitrogens is 2. The van der Waals surface area contributed by atoms with E-state index in [0.29, 0.717) is 16.4 Å². The predicted octanol–water partition coefficient (Wildman–Crippen LogP) is 2.55. The van der Waals surface area contributed by atoms with Gasteiger partial charge in [-0.15, -0.1) is 0 Å². The highest BCUT2D eigenvalue weighted by molar-refractivity contribution is 7.99. The molecular formula is C19H21N3O4S. The molecule has 0 unspecified atom stereocenters. The van der Waals surface area contributed by atoms with Crippen molar-refractivity contribution in [1.29, 1.82) is 0 Å². The smallest absolute Gasteiger partial charge is 0.338 e. The second-order valence-corrected chi connectivity index (χ2v) is 7.48. The Bertz CT molecular complexity index is 906. The molecule has 1 aliphatic rings. The Morgan fingerprint density at radius 1 is 1.26 bits per heavy atom. The number of ether oxygens (including phenoxy) is 1. The summed E-state index contributed by atoms with van der Waals surface area (Å²) in [4.78, 5) is 43.1. The van der Waals surface area contributed by atoms with Crippen molar-refractivity contribution in [1.82, 2.24) is 9.97 Å². The van der Waals surface area contributed by atoms with Gasteiger partial charge in [0.1, 0.15) is 0 Å². The fourth-order valence-electron chi connectivity index (χ4n) is 2.79. The molecule has 2 N–H and O–H groups in total. The van der Waals surface area contributed by atoms with Crippen LogP contribution in [-0.2, 0) is 22.4 Å². The minimum Gasteiger partial charge on any atom is -0.459 e. The van der Waals surface area contributed by atoms with Gasteiger partial charge < -0.3 is 15.0 Å². The molecule has 1 aromatic heterocycles. The molecule has 0 spiro atoms. The summed E-state index contributed by atoms with van der Waals surface area (Å²) in [6, 6.07) is 6.50. The number of aryl methyl sites for hydroxylation is 1. The average Bonchev–Trinajstić information content (AvgIpc) is 3.09. The topological polar surface area (TPSA) is 101 Å². The number of rotatable bonds is 6. The van der Waals surface area contributed by atoms with Crippen LogP contribution in [-0.4, -0.2) is 33.7 Å². The first-order chi connectivity index (χ1) is 12.9. The molecule has 2 aromatic rings. The molecule has 142 valence electrons. The number of aromatic amines is 1. The van der Waals surface area contributed by atoms with Gasteiger partial charge in [0, 0.05) is 11.3 Å². The maximum atomic E-state index is 12.1. The first kappa shape index (κ1) is 19.2. The van der Waals surface area contributed by atoms with Gasteiger partial charge >= 0.3 is 5.97 Å². The number of hydrogen-bond acceptors (Lipinski definition) is 6. The van der Waals surface area contributed by atoms with Crippen molar-refractivity contribution in [3.63, 3.8) is 0 Å². The van der Waals surface area contributed by atoms with E-state index in [9.17, 15) is 14.4 Å². The van der Waals surface area contributed by atoms with Gasteiger partial charge in [-0.3, -0.25) is 9.59 Å². The van der Waals surface area contributed by atoms with Crippen molar-refractivity contribution in [2.75, 3.05) is 11.1 Å². The summed E-state index contributed by atoms with van der Waals surface area (Å²) in [5, 5.41) is 3.22. The lowest BCUT2D eigenvalue weighted by molar-refractivity contribution is -0.113. The number of anilines is 1. The zero-order valence-corrected chi connectivity index (χ0v) is 16.0. The average molecular weight is 387 g/mol. The van der Waals surface area contributed by atoms with Crippen LogP contribution in [0.2, 0.25) is 0 Å². The van der Waals surface area contributed by atoms with Crippen LogP contribution in [0.25, 0.3) is 0 Å². The number of H-pyrrole nitrogens is 1. The van der Waals surface area contributed by atoms with Crippen LogP contribution >= 0.6 is 11.8 Å². The van der Waals surface area contributed by atoms with E-state index in [-0.39, 0.29) is 23.3 Å². The highest BCUT2D eigenvalue weighted by Crippen LogP contribution is 2.20. The lowest BCUT2D eigenvalue weighted by Gasteiger charge is -2.09. The normalized spacial score (nSPS) is 12.7. The van der Waals surface area contributed by atoms with Crippen LogP contribution < -0.4 is 10.9 Å². The third kappa shape index (κ3) is 4.97. The molecule has 8 heteroatoms. The van der Waals surface area contributed by atoms with E-state index in [4.69, 9.17) is 4.74 Å². The molecule has 0 saturated heterocycles. The van der Waals surface area contributed by atoms with Crippen LogP contribution in [0.1, 0.15) is 41.9 Å². The van der Waals surface area contributed by atoms with Crippen LogP contribution in [0.4, 0.5) is 5.69 Å². The summed E-state index contributed by atoms with van der Waals surface area (Å²) in [7, 11) is 0. The van der Waals surface area contributed by atoms with E-state index in [1.165, 1.54) is 11.8 Å². The predicted molar refractivity (Wildman–Crippen MR) is 103 cm³/mol. The van der Waals surface area contributed by atoms with Crippen molar-refractivity contribution in [2.45, 2.75) is 44.4 Å². The second kappa shape index (κ2) is 8.39. The summed E-state index contributed by atoms with van der Waals surface area (Å²) >= 11 is 1.19. The SMILES string of the molecule is CC(C)OC(=O)c1ccc(NC(=O)CSc2nc3c(c(=O)[nH]2)CCC3)cc1. The van der Waals surface area contributed by atoms with Crippen LogP contribution in [0, 0.1) is 0 Å². The van der Waals surface area contributed by atoms with E-state index >= 15 is 0 Å². The summed E-state index contributed by atoms with van der Waals surface area (Å²) < 4.78 is 5.12. The quantitative estimate of drug-likeness (QED) is 0.449. The van der Waals surface area contributed by atoms with E-state index < -0.39 is 5.97 Å². The largest absolute Gasteiger partial charge is 0.459 e. The van der Waals surface area contributed by atoms with E-state index in [1.54, 1.807) is 38.1 Å². The molecule has 1 amide bonds. The minimum absolute atomic E-state index is 0.107. The molecule has 0 aliphatic heterocycles. The van der Waals surface area contributed by atoms with Gasteiger partial charge in [0.05, 0.1) is 23.1 Å². The third-order valence-electron chi connectivity index (χ3n) is 4.01. The highest BCUT2D eigenvalue weighted by atomic mass is 32.2. The zero-order chi connectivity index (χ0) is 19.4. The second-order valence-electron chi connectivity index (χ2n) is 6.52. The van der Waals surface area contributed by atoms with Crippen molar-refractivity contribution in [2.24, 2.45) is 0 Å². The Balaban J connectivity index is 1.54. The summed E-state index contributed by atoms with van der Waals surface area (Å²) in [6.45, 7) is 3.57. The Kier molecular flexibility index (Phi) is 5.95. The Morgan fingerprint density at radius 2 is 2.00 bits per heavy atom. The first-order valence-corrected chi connectivity index (χ1v) is 9.76. The van der Waals surface area contributed by atoms with Crippen molar-refractivity contribution >= 4 is 29.3 Å². The molecule has 3 rings (SSSR count). The number of benzene rings is 1. The van der Waals surface area contributed by atoms with E-state index in [1.807, 2.05) is 0 Å². The number of carbonyl (C=O) groups is 2. The van der Waals surface area contributed by atoms with Gasteiger partial charge in [-0.2, -0.15) is 0 Å². The number of carbonyl (C=O) groups excluding carboxylic acids is 2. The fraction of sp³-hybridized carbons (Fsp3) is 0.368. The molecule has 0 radical (unpaired) electrons. The number of nitrogens with one attached hydrogen (secondary N) is 2. The summed E-state index contributed by atoms with van der Waals surface area (Å²) in [6.07, 6.45) is 2.34. The van der Waals surface area contributed by atoms with Gasteiger partial charge in [-0.25, -0.2) is 9.78 Å². The van der Waals surface area contributed by atoms with Gasteiger partial charge in [0.25, 0.3) is 5.56 Å². The molecule has 1 heterocycles.